The van der Waals surface area contributed by atoms with Gasteiger partial charge in [-0.25, -0.2) is 5.14 Å². The van der Waals surface area contributed by atoms with Crippen molar-refractivity contribution in [2.45, 2.75) is 0 Å². The number of nitrogens with one attached hydrogen (secondary N) is 1. The van der Waals surface area contributed by atoms with Gasteiger partial charge in [-0.2, -0.15) is 8.42 Å². The van der Waals surface area contributed by atoms with Gasteiger partial charge < -0.3 is 0 Å². The van der Waals surface area contributed by atoms with E-state index in [1.54, 1.807) is 6.07 Å². The van der Waals surface area contributed by atoms with E-state index in [2.05, 4.69) is 47.2 Å². The summed E-state index contributed by atoms with van der Waals surface area (Å²) in [4.78, 5) is 0. The maximum Gasteiger partial charge on any atom is 0.296 e. The zero-order chi connectivity index (χ0) is 18.6. The lowest BCUT2D eigenvalue weighted by molar-refractivity contribution is 0.603. The fourth-order valence-electron chi connectivity index (χ4n) is 3.76. The maximum absolute atomic E-state index is 11.5. The third-order valence-corrected chi connectivity index (χ3v) is 5.46. The molecule has 27 heavy (non-hydrogen) atoms. The summed E-state index contributed by atoms with van der Waals surface area (Å²) in [6, 6.07) is 26.5. The second-order valence-corrected chi connectivity index (χ2v) is 8.03. The van der Waals surface area contributed by atoms with Crippen LogP contribution < -0.4 is 9.86 Å². The van der Waals surface area contributed by atoms with E-state index < -0.39 is 10.2 Å². The van der Waals surface area contributed by atoms with Gasteiger partial charge in [-0.05, 0) is 68.0 Å². The van der Waals surface area contributed by atoms with Gasteiger partial charge in [-0.1, -0.05) is 48.5 Å². The molecule has 132 valence electrons. The zero-order valence-corrected chi connectivity index (χ0v) is 15.1. The van der Waals surface area contributed by atoms with Gasteiger partial charge in [0.1, 0.15) is 0 Å². The van der Waals surface area contributed by atoms with E-state index >= 15 is 0 Å². The van der Waals surface area contributed by atoms with Crippen LogP contribution in [-0.4, -0.2) is 8.42 Å². The van der Waals surface area contributed by atoms with Crippen LogP contribution in [0.3, 0.4) is 0 Å². The molecule has 0 fully saturated rings. The van der Waals surface area contributed by atoms with Crippen LogP contribution in [0.2, 0.25) is 0 Å². The molecule has 0 aliphatic heterocycles. The lowest BCUT2D eigenvalue weighted by atomic mass is 9.95. The molecule has 5 heteroatoms. The van der Waals surface area contributed by atoms with E-state index in [1.807, 2.05) is 30.3 Å². The summed E-state index contributed by atoms with van der Waals surface area (Å²) in [5, 5.41) is 13.8. The van der Waals surface area contributed by atoms with Crippen molar-refractivity contribution >= 4 is 59.0 Å². The van der Waals surface area contributed by atoms with Crippen LogP contribution in [0, 0.1) is 0 Å². The normalized spacial score (nSPS) is 12.2. The summed E-state index contributed by atoms with van der Waals surface area (Å²) < 4.78 is 25.5. The lowest BCUT2D eigenvalue weighted by Gasteiger charge is -2.11. The molecule has 0 saturated carbocycles. The number of nitrogens with two attached hydrogens (primary N) is 1. The predicted octanol–water partition coefficient (Wildman–Crippen LogP) is 4.91. The lowest BCUT2D eigenvalue weighted by Crippen LogP contribution is -2.21. The first-order valence-electron chi connectivity index (χ1n) is 8.56. The first kappa shape index (κ1) is 16.1. The van der Waals surface area contributed by atoms with Gasteiger partial charge in [-0.3, -0.25) is 4.72 Å². The summed E-state index contributed by atoms with van der Waals surface area (Å²) in [6.45, 7) is 0. The predicted molar refractivity (Wildman–Crippen MR) is 113 cm³/mol. The third kappa shape index (κ3) is 2.77. The van der Waals surface area contributed by atoms with E-state index in [0.29, 0.717) is 5.69 Å². The molecule has 3 N–H and O–H groups in total. The van der Waals surface area contributed by atoms with Crippen molar-refractivity contribution in [3.63, 3.8) is 0 Å². The molecular formula is C22H16N2O2S. The number of benzene rings is 5. The standard InChI is InChI=1S/C22H16N2O2S/c23-27(25,26)24-22-7-3-6-16-11-18-9-8-17-10-14-4-1-2-5-15(14)12-19(17)20(18)13-21(16)22/h1-13,24H,(H2,23,25,26). The Morgan fingerprint density at radius 2 is 1.15 bits per heavy atom. The fraction of sp³-hybridized carbons (Fsp3) is 0. The van der Waals surface area contributed by atoms with Crippen LogP contribution in [0.25, 0.3) is 43.1 Å². The van der Waals surface area contributed by atoms with Crippen molar-refractivity contribution in [2.75, 3.05) is 4.72 Å². The number of hydrogen-bond acceptors (Lipinski definition) is 2. The molecule has 5 aromatic carbocycles. The largest absolute Gasteiger partial charge is 0.296 e. The van der Waals surface area contributed by atoms with Gasteiger partial charge in [-0.15, -0.1) is 0 Å². The Hall–Kier alpha value is -3.15. The first-order valence-corrected chi connectivity index (χ1v) is 10.1. The molecule has 0 atom stereocenters. The van der Waals surface area contributed by atoms with Crippen molar-refractivity contribution in [1.29, 1.82) is 0 Å². The van der Waals surface area contributed by atoms with Crippen LogP contribution in [-0.2, 0) is 10.2 Å². The highest BCUT2D eigenvalue weighted by Crippen LogP contribution is 2.34. The van der Waals surface area contributed by atoms with Crippen molar-refractivity contribution in [2.24, 2.45) is 5.14 Å². The smallest absolute Gasteiger partial charge is 0.271 e. The molecule has 4 nitrogen and oxygen atoms in total. The molecule has 0 heterocycles. The number of rotatable bonds is 2. The van der Waals surface area contributed by atoms with Gasteiger partial charge in [0.05, 0.1) is 5.69 Å². The summed E-state index contributed by atoms with van der Waals surface area (Å²) in [7, 11) is -3.84. The van der Waals surface area contributed by atoms with E-state index in [0.717, 1.165) is 32.3 Å². The van der Waals surface area contributed by atoms with Gasteiger partial charge >= 0.3 is 0 Å². The quantitative estimate of drug-likeness (QED) is 0.341. The Bertz CT molecular complexity index is 1470. The zero-order valence-electron chi connectivity index (χ0n) is 14.3. The van der Waals surface area contributed by atoms with Crippen LogP contribution >= 0.6 is 0 Å². The van der Waals surface area contributed by atoms with Gasteiger partial charge in [0, 0.05) is 5.39 Å². The van der Waals surface area contributed by atoms with Crippen molar-refractivity contribution in [3.8, 4) is 0 Å². The highest BCUT2D eigenvalue weighted by atomic mass is 32.2. The minimum Gasteiger partial charge on any atom is -0.271 e. The van der Waals surface area contributed by atoms with Gasteiger partial charge in [0.2, 0.25) is 0 Å². The number of hydrogen-bond donors (Lipinski definition) is 2. The third-order valence-electron chi connectivity index (χ3n) is 4.95. The average Bonchev–Trinajstić information content (AvgIpc) is 2.64. The molecule has 0 saturated heterocycles. The summed E-state index contributed by atoms with van der Waals surface area (Å²) in [5.41, 5.74) is 0.481. The molecule has 0 unspecified atom stereocenters. The molecule has 0 amide bonds. The first-order chi connectivity index (χ1) is 13.0. The second-order valence-electron chi connectivity index (χ2n) is 6.73. The molecule has 0 aromatic heterocycles. The van der Waals surface area contributed by atoms with Gasteiger partial charge in [0.25, 0.3) is 10.2 Å². The summed E-state index contributed by atoms with van der Waals surface area (Å²) >= 11 is 0. The van der Waals surface area contributed by atoms with Crippen LogP contribution in [0.5, 0.6) is 0 Å². The minimum atomic E-state index is -3.84. The van der Waals surface area contributed by atoms with Crippen LogP contribution in [0.1, 0.15) is 0 Å². The molecule has 0 radical (unpaired) electrons. The Labute approximate surface area is 156 Å². The molecule has 5 rings (SSSR count). The molecule has 0 aliphatic rings. The Morgan fingerprint density at radius 1 is 0.593 bits per heavy atom. The van der Waals surface area contributed by atoms with Crippen molar-refractivity contribution in [1.82, 2.24) is 0 Å². The average molecular weight is 372 g/mol. The number of anilines is 1. The van der Waals surface area contributed by atoms with E-state index in [9.17, 15) is 8.42 Å². The van der Waals surface area contributed by atoms with Crippen LogP contribution in [0.4, 0.5) is 5.69 Å². The molecule has 0 spiro atoms. The monoisotopic (exact) mass is 372 g/mol. The van der Waals surface area contributed by atoms with E-state index in [1.165, 1.54) is 10.8 Å². The molecular weight excluding hydrogens is 356 g/mol. The molecule has 5 aromatic rings. The Morgan fingerprint density at radius 3 is 1.85 bits per heavy atom. The summed E-state index contributed by atoms with van der Waals surface area (Å²) in [5.74, 6) is 0. The molecule has 0 aliphatic carbocycles. The SMILES string of the molecule is NS(=O)(=O)Nc1cccc2cc3ccc4cc5ccccc5cc4c3cc12. The highest BCUT2D eigenvalue weighted by Gasteiger charge is 2.10. The van der Waals surface area contributed by atoms with Crippen LogP contribution in [0.15, 0.2) is 78.9 Å². The van der Waals surface area contributed by atoms with Gasteiger partial charge in [0.15, 0.2) is 0 Å². The van der Waals surface area contributed by atoms with E-state index in [4.69, 9.17) is 5.14 Å². The Balaban J connectivity index is 1.89. The minimum absolute atomic E-state index is 0.481. The van der Waals surface area contributed by atoms with E-state index in [-0.39, 0.29) is 0 Å². The second kappa shape index (κ2) is 5.67. The van der Waals surface area contributed by atoms with Crippen molar-refractivity contribution in [3.05, 3.63) is 78.9 Å². The maximum atomic E-state index is 11.5. The highest BCUT2D eigenvalue weighted by molar-refractivity contribution is 7.90. The molecule has 0 bridgehead atoms. The summed E-state index contributed by atoms with van der Waals surface area (Å²) in [6.07, 6.45) is 0. The number of fused-ring (bicyclic) bond motifs is 5. The topological polar surface area (TPSA) is 72.2 Å². The Kier molecular flexibility index (Phi) is 3.37. The van der Waals surface area contributed by atoms with Crippen molar-refractivity contribution < 1.29 is 8.42 Å². The fourth-order valence-corrected chi connectivity index (χ4v) is 4.25.